The number of benzene rings is 1. The number of alkyl halides is 2. The van der Waals surface area contributed by atoms with Crippen molar-refractivity contribution < 1.29 is 28.3 Å². The van der Waals surface area contributed by atoms with Gasteiger partial charge in [-0.15, -0.1) is 0 Å². The lowest BCUT2D eigenvalue weighted by Gasteiger charge is -2.54. The Morgan fingerprint density at radius 2 is 2.12 bits per heavy atom. The number of nitrogens with one attached hydrogen (secondary N) is 2. The first-order valence-electron chi connectivity index (χ1n) is 11.2. The van der Waals surface area contributed by atoms with E-state index in [1.54, 1.807) is 12.1 Å². The van der Waals surface area contributed by atoms with Gasteiger partial charge in [0.25, 0.3) is 11.8 Å². The molecule has 3 heterocycles. The number of carbonyl (C=O) groups is 3. The summed E-state index contributed by atoms with van der Waals surface area (Å²) >= 11 is 5.95. The van der Waals surface area contributed by atoms with Gasteiger partial charge in [0.2, 0.25) is 11.8 Å². The molecular weight excluding hydrogens is 470 g/mol. The highest BCUT2D eigenvalue weighted by molar-refractivity contribution is 6.30. The number of nitriles is 1. The number of carbonyl (C=O) groups excluding carboxylic acids is 3. The van der Waals surface area contributed by atoms with Crippen LogP contribution in [0.3, 0.4) is 0 Å². The van der Waals surface area contributed by atoms with Crippen LogP contribution in [0, 0.1) is 23.2 Å². The van der Waals surface area contributed by atoms with Crippen molar-refractivity contribution in [2.45, 2.75) is 62.3 Å². The van der Waals surface area contributed by atoms with Crippen LogP contribution in [0.15, 0.2) is 24.3 Å². The summed E-state index contributed by atoms with van der Waals surface area (Å²) < 4.78 is 29.6. The second-order valence-electron chi connectivity index (χ2n) is 9.15. The Morgan fingerprint density at radius 1 is 1.35 bits per heavy atom. The third kappa shape index (κ3) is 4.59. The van der Waals surface area contributed by atoms with Gasteiger partial charge in [0.05, 0.1) is 12.0 Å². The van der Waals surface area contributed by atoms with E-state index in [9.17, 15) is 33.5 Å². The standard InChI is InChI=1S/C23H25ClF2N4O4/c24-14-3-1-2-12(8-14)19(31)22(34)30-16-4-5-17(23(25,26)10-16)18(30)21(33)29-15(11-27)9-13-6-7-28-20(13)32/h1-3,8,13,15-19,31H,4-7,9-10H2,(H,28,32)(H,29,33)/t13-,15-,16-,17-,18-,19-/m1/s1. The highest BCUT2D eigenvalue weighted by Gasteiger charge is 2.61. The van der Waals surface area contributed by atoms with Crippen LogP contribution in [0.4, 0.5) is 8.78 Å². The summed E-state index contributed by atoms with van der Waals surface area (Å²) in [5, 5.41) is 25.6. The molecule has 4 aliphatic rings. The first-order chi connectivity index (χ1) is 16.1. The molecule has 5 rings (SSSR count). The molecule has 1 aromatic carbocycles. The molecule has 11 heteroatoms. The van der Waals surface area contributed by atoms with Crippen LogP contribution in [0.1, 0.15) is 43.8 Å². The first kappa shape index (κ1) is 24.4. The number of rotatable bonds is 6. The molecule has 0 unspecified atom stereocenters. The van der Waals surface area contributed by atoms with Gasteiger partial charge in [-0.3, -0.25) is 14.4 Å². The second kappa shape index (κ2) is 9.47. The largest absolute Gasteiger partial charge is 0.378 e. The van der Waals surface area contributed by atoms with Crippen molar-refractivity contribution in [3.8, 4) is 6.07 Å². The lowest BCUT2D eigenvalue weighted by atomic mass is 9.71. The number of halogens is 3. The summed E-state index contributed by atoms with van der Waals surface area (Å²) in [4.78, 5) is 39.4. The van der Waals surface area contributed by atoms with Crippen LogP contribution in [-0.4, -0.2) is 58.3 Å². The number of amides is 3. The fraction of sp³-hybridized carbons (Fsp3) is 0.565. The third-order valence-electron chi connectivity index (χ3n) is 7.01. The van der Waals surface area contributed by atoms with E-state index in [0.717, 1.165) is 4.90 Å². The molecule has 3 aliphatic heterocycles. The zero-order valence-electron chi connectivity index (χ0n) is 18.2. The van der Waals surface area contributed by atoms with Crippen molar-refractivity contribution in [2.24, 2.45) is 11.8 Å². The average molecular weight is 495 g/mol. The van der Waals surface area contributed by atoms with Crippen LogP contribution in [-0.2, 0) is 14.4 Å². The smallest absolute Gasteiger partial charge is 0.256 e. The highest BCUT2D eigenvalue weighted by atomic mass is 35.5. The van der Waals surface area contributed by atoms with Crippen molar-refractivity contribution in [2.75, 3.05) is 6.54 Å². The molecule has 2 bridgehead atoms. The number of nitrogens with zero attached hydrogens (tertiary/aromatic N) is 2. The van der Waals surface area contributed by atoms with Gasteiger partial charge in [-0.05, 0) is 43.4 Å². The quantitative estimate of drug-likeness (QED) is 0.557. The molecule has 0 aromatic heterocycles. The minimum Gasteiger partial charge on any atom is -0.378 e. The topological polar surface area (TPSA) is 123 Å². The first-order valence-corrected chi connectivity index (χ1v) is 11.6. The molecule has 0 radical (unpaired) electrons. The minimum absolute atomic E-state index is 0.0368. The number of hydrogen-bond acceptors (Lipinski definition) is 5. The van der Waals surface area contributed by atoms with Crippen molar-refractivity contribution in [3.63, 3.8) is 0 Å². The summed E-state index contributed by atoms with van der Waals surface area (Å²) in [5.41, 5.74) is 0.187. The Kier molecular flexibility index (Phi) is 6.78. The molecule has 1 aromatic rings. The maximum Gasteiger partial charge on any atom is 0.256 e. The minimum atomic E-state index is -3.17. The molecule has 3 saturated heterocycles. The van der Waals surface area contributed by atoms with Crippen LogP contribution < -0.4 is 10.6 Å². The normalized spacial score (nSPS) is 29.1. The number of aliphatic hydroxyl groups excluding tert-OH is 1. The number of fused-ring (bicyclic) bond motifs is 3. The van der Waals surface area contributed by atoms with E-state index in [0.29, 0.717) is 13.0 Å². The summed E-state index contributed by atoms with van der Waals surface area (Å²) in [6.07, 6.45) is -1.41. The van der Waals surface area contributed by atoms with Crippen LogP contribution in [0.5, 0.6) is 0 Å². The zero-order valence-corrected chi connectivity index (χ0v) is 19.0. The lowest BCUT2D eigenvalue weighted by Crippen LogP contribution is -2.69. The molecule has 3 N–H and O–H groups in total. The summed E-state index contributed by atoms with van der Waals surface area (Å²) in [6.45, 7) is 0.470. The van der Waals surface area contributed by atoms with Gasteiger partial charge in [-0.25, -0.2) is 8.78 Å². The Balaban J connectivity index is 1.58. The Morgan fingerprint density at radius 3 is 2.74 bits per heavy atom. The van der Waals surface area contributed by atoms with E-state index < -0.39 is 60.2 Å². The predicted molar refractivity (Wildman–Crippen MR) is 116 cm³/mol. The van der Waals surface area contributed by atoms with E-state index in [1.165, 1.54) is 12.1 Å². The van der Waals surface area contributed by atoms with Gasteiger partial charge in [0.15, 0.2) is 6.10 Å². The van der Waals surface area contributed by atoms with E-state index in [1.807, 2.05) is 6.07 Å². The Hall–Kier alpha value is -2.77. The maximum atomic E-state index is 14.8. The SMILES string of the molecule is N#C[C@@H](C[C@H]1CCNC1=O)NC(=O)[C@H]1[C@H]2CC[C@H](CC2(F)F)N1C(=O)[C@H](O)c1cccc(Cl)c1. The van der Waals surface area contributed by atoms with Gasteiger partial charge in [-0.2, -0.15) is 5.26 Å². The average Bonchev–Trinajstić information content (AvgIpc) is 3.20. The Labute approximate surface area is 200 Å². The summed E-state index contributed by atoms with van der Waals surface area (Å²) in [5.74, 6) is -7.05. The van der Waals surface area contributed by atoms with Crippen LogP contribution in [0.25, 0.3) is 0 Å². The van der Waals surface area contributed by atoms with E-state index in [2.05, 4.69) is 10.6 Å². The zero-order chi connectivity index (χ0) is 24.6. The molecule has 3 amide bonds. The Bertz CT molecular complexity index is 1030. The van der Waals surface area contributed by atoms with E-state index in [-0.39, 0.29) is 35.8 Å². The molecule has 8 nitrogen and oxygen atoms in total. The molecular formula is C23H25ClF2N4O4. The van der Waals surface area contributed by atoms with Gasteiger partial charge in [0.1, 0.15) is 12.1 Å². The van der Waals surface area contributed by atoms with Crippen LogP contribution in [0.2, 0.25) is 5.02 Å². The van der Waals surface area contributed by atoms with Gasteiger partial charge in [0, 0.05) is 29.9 Å². The number of piperidine rings is 2. The molecule has 34 heavy (non-hydrogen) atoms. The highest BCUT2D eigenvalue weighted by Crippen LogP contribution is 2.49. The molecule has 0 spiro atoms. The lowest BCUT2D eigenvalue weighted by molar-refractivity contribution is -0.198. The monoisotopic (exact) mass is 494 g/mol. The number of aliphatic hydroxyl groups is 1. The molecule has 1 aliphatic carbocycles. The fourth-order valence-electron chi connectivity index (χ4n) is 5.34. The molecule has 4 fully saturated rings. The van der Waals surface area contributed by atoms with E-state index in [4.69, 9.17) is 11.6 Å². The molecule has 182 valence electrons. The van der Waals surface area contributed by atoms with Crippen molar-refractivity contribution in [3.05, 3.63) is 34.9 Å². The van der Waals surface area contributed by atoms with Crippen molar-refractivity contribution in [1.29, 1.82) is 5.26 Å². The van der Waals surface area contributed by atoms with E-state index >= 15 is 0 Å². The fourth-order valence-corrected chi connectivity index (χ4v) is 5.54. The van der Waals surface area contributed by atoms with Crippen molar-refractivity contribution >= 4 is 29.3 Å². The predicted octanol–water partition coefficient (Wildman–Crippen LogP) is 1.92. The van der Waals surface area contributed by atoms with Crippen LogP contribution >= 0.6 is 11.6 Å². The molecule has 1 saturated carbocycles. The van der Waals surface area contributed by atoms with Gasteiger partial charge in [-0.1, -0.05) is 23.7 Å². The third-order valence-corrected chi connectivity index (χ3v) is 7.25. The molecule has 6 atom stereocenters. The number of hydrogen-bond donors (Lipinski definition) is 3. The maximum absolute atomic E-state index is 14.8. The second-order valence-corrected chi connectivity index (χ2v) is 9.59. The van der Waals surface area contributed by atoms with Crippen molar-refractivity contribution in [1.82, 2.24) is 15.5 Å². The summed E-state index contributed by atoms with van der Waals surface area (Å²) in [6, 6.07) is 4.35. The summed E-state index contributed by atoms with van der Waals surface area (Å²) in [7, 11) is 0. The van der Waals surface area contributed by atoms with Gasteiger partial charge < -0.3 is 20.6 Å². The van der Waals surface area contributed by atoms with Gasteiger partial charge >= 0.3 is 0 Å².